The van der Waals surface area contributed by atoms with Crippen LogP contribution in [0.15, 0.2) is 48.7 Å². The molecule has 0 fully saturated rings. The van der Waals surface area contributed by atoms with Crippen LogP contribution in [-0.2, 0) is 23.3 Å². The smallest absolute Gasteiger partial charge is 1.00 e. The van der Waals surface area contributed by atoms with Gasteiger partial charge in [-0.2, -0.15) is 0 Å². The van der Waals surface area contributed by atoms with Crippen molar-refractivity contribution in [2.45, 2.75) is 132 Å². The molecule has 3 aromatic rings. The maximum atomic E-state index is 4.67. The molecule has 0 aliphatic rings. The van der Waals surface area contributed by atoms with Crippen molar-refractivity contribution in [2.75, 3.05) is 36.8 Å². The fourth-order valence-corrected chi connectivity index (χ4v) is 6.17. The fraction of sp³-hybridized carbons (Fsp3) is 0.585. The van der Waals surface area contributed by atoms with E-state index in [4.69, 9.17) is 0 Å². The van der Waals surface area contributed by atoms with Gasteiger partial charge in [0.1, 0.15) is 0 Å². The van der Waals surface area contributed by atoms with Crippen molar-refractivity contribution in [1.82, 2.24) is 9.88 Å². The van der Waals surface area contributed by atoms with E-state index in [1.807, 2.05) is 12.3 Å². The van der Waals surface area contributed by atoms with Gasteiger partial charge in [0.05, 0.1) is 5.69 Å². The molecule has 0 atom stereocenters. The molecule has 0 aliphatic heterocycles. The van der Waals surface area contributed by atoms with Crippen molar-refractivity contribution in [3.05, 3.63) is 87.7 Å². The molecule has 1 radical (unpaired) electrons. The van der Waals surface area contributed by atoms with Gasteiger partial charge in [-0.3, -0.25) is 9.88 Å². The number of nitrogens with zero attached hydrogens (tertiary/aromatic N) is 2. The van der Waals surface area contributed by atoms with Crippen molar-refractivity contribution < 1.29 is 50.7 Å². The molecule has 3 rings (SSSR count). The first-order chi connectivity index (χ1) is 21.3. The van der Waals surface area contributed by atoms with Crippen LogP contribution in [0, 0.1) is 0 Å². The van der Waals surface area contributed by atoms with Gasteiger partial charge in [0.25, 0.3) is 0 Å². The Hall–Kier alpha value is -1.38. The molecule has 7 heteroatoms. The van der Waals surface area contributed by atoms with Crippen LogP contribution in [-0.4, -0.2) is 36.1 Å². The summed E-state index contributed by atoms with van der Waals surface area (Å²) in [6.07, 6.45) is 2.99. The normalized spacial score (nSPS) is 11.4. The number of anilines is 2. The molecule has 0 saturated heterocycles. The van der Waals surface area contributed by atoms with Crippen molar-refractivity contribution in [3.63, 3.8) is 0 Å². The number of aromatic nitrogens is 1. The zero-order chi connectivity index (χ0) is 33.3. The van der Waals surface area contributed by atoms with Gasteiger partial charge < -0.3 is 44.6 Å². The first-order valence-electron chi connectivity index (χ1n) is 17.7. The minimum absolute atomic E-state index is 0. The van der Waals surface area contributed by atoms with E-state index in [-0.39, 0.29) is 50.7 Å². The molecule has 2 aromatic carbocycles. The number of hydrogen-bond acceptors (Lipinski definition) is 4. The van der Waals surface area contributed by atoms with Crippen molar-refractivity contribution in [3.8, 4) is 0 Å². The summed E-state index contributed by atoms with van der Waals surface area (Å²) in [7, 11) is 0. The summed E-state index contributed by atoms with van der Waals surface area (Å²) in [4.78, 5) is 7.24. The van der Waals surface area contributed by atoms with Crippen LogP contribution in [0.4, 0.5) is 11.4 Å². The van der Waals surface area contributed by atoms with Crippen molar-refractivity contribution >= 4 is 11.4 Å². The van der Waals surface area contributed by atoms with E-state index in [1.54, 1.807) is 0 Å². The molecule has 1 heterocycles. The molecule has 4 nitrogen and oxygen atoms in total. The fourth-order valence-electron chi connectivity index (χ4n) is 6.17. The summed E-state index contributed by atoms with van der Waals surface area (Å²) in [6.45, 7) is 32.5. The van der Waals surface area contributed by atoms with Gasteiger partial charge in [0.15, 0.2) is 0 Å². The second-order valence-electron chi connectivity index (χ2n) is 14.9. The molecule has 0 amide bonds. The summed E-state index contributed by atoms with van der Waals surface area (Å²) in [5.41, 5.74) is 12.5. The average molecular weight is 832 g/mol. The van der Waals surface area contributed by atoms with E-state index >= 15 is 0 Å². The van der Waals surface area contributed by atoms with Crippen LogP contribution in [0.25, 0.3) is 0 Å². The number of hydrogen-bond donors (Lipinski definition) is 2. The molecule has 2 N–H and O–H groups in total. The van der Waals surface area contributed by atoms with Gasteiger partial charge in [-0.05, 0) is 87.4 Å². The number of nitrogens with one attached hydrogen (secondary N) is 2. The van der Waals surface area contributed by atoms with Crippen LogP contribution in [0.2, 0.25) is 0 Å². The molecule has 271 valence electrons. The van der Waals surface area contributed by atoms with Crippen LogP contribution in [0.1, 0.15) is 164 Å². The van der Waals surface area contributed by atoms with Gasteiger partial charge in [-0.15, -0.1) is 0 Å². The van der Waals surface area contributed by atoms with Crippen LogP contribution >= 0.6 is 0 Å². The molecule has 1 aromatic heterocycles. The van der Waals surface area contributed by atoms with Crippen LogP contribution in [0.3, 0.4) is 0 Å². The Morgan fingerprint density at radius 1 is 0.562 bits per heavy atom. The number of benzene rings is 2. The standard InChI is InChI=1S/C41H64N4.2BrH.Co/c1-27(2)33-22-36(29(5)6)40(37(23-33)30(7)8)43-18-15-20-45(26-35-16-13-14-17-42-35)21-19-44-41-38(31(9)10)24-34(28(3)4)25-39(41)32(11)12;;;/h13-14,16-17,22-25,27-32,43-44H,15,18-21,26H2,1-12H3;2*1H;/q;;;+2/p-2. The molecule has 0 aliphatic carbocycles. The minimum Gasteiger partial charge on any atom is -1.00 e. The summed E-state index contributed by atoms with van der Waals surface area (Å²) < 4.78 is 0. The molecule has 0 spiro atoms. The van der Waals surface area contributed by atoms with Gasteiger partial charge in [-0.25, -0.2) is 0 Å². The minimum atomic E-state index is 0. The van der Waals surface area contributed by atoms with Crippen molar-refractivity contribution in [2.24, 2.45) is 0 Å². The van der Waals surface area contributed by atoms with E-state index in [1.165, 1.54) is 44.8 Å². The van der Waals surface area contributed by atoms with Gasteiger partial charge in [-0.1, -0.05) is 113 Å². The summed E-state index contributed by atoms with van der Waals surface area (Å²) in [6, 6.07) is 16.0. The third-order valence-electron chi connectivity index (χ3n) is 9.06. The zero-order valence-corrected chi connectivity index (χ0v) is 36.0. The molecular weight excluding hydrogens is 767 g/mol. The third kappa shape index (κ3) is 13.4. The Morgan fingerprint density at radius 3 is 1.33 bits per heavy atom. The number of pyridine rings is 1. The predicted molar refractivity (Wildman–Crippen MR) is 199 cm³/mol. The maximum Gasteiger partial charge on any atom is 2.00 e. The zero-order valence-electron chi connectivity index (χ0n) is 31.8. The Kier molecular flexibility index (Phi) is 21.8. The van der Waals surface area contributed by atoms with E-state index in [0.29, 0.717) is 35.5 Å². The van der Waals surface area contributed by atoms with Crippen LogP contribution < -0.4 is 44.6 Å². The average Bonchev–Trinajstić information content (AvgIpc) is 2.98. The first kappa shape index (κ1) is 46.6. The van der Waals surface area contributed by atoms with Gasteiger partial charge >= 0.3 is 16.8 Å². The predicted octanol–water partition coefficient (Wildman–Crippen LogP) is 5.24. The number of rotatable bonds is 17. The first-order valence-corrected chi connectivity index (χ1v) is 17.7. The Bertz CT molecular complexity index is 1280. The summed E-state index contributed by atoms with van der Waals surface area (Å²) in [5.74, 6) is 2.97. The van der Waals surface area contributed by atoms with Gasteiger partial charge in [0.2, 0.25) is 0 Å². The maximum absolute atomic E-state index is 4.67. The van der Waals surface area contributed by atoms with E-state index in [9.17, 15) is 0 Å². The Labute approximate surface area is 326 Å². The quantitative estimate of drug-likeness (QED) is 0.183. The molecule has 0 bridgehead atoms. The monoisotopic (exact) mass is 829 g/mol. The molecule has 0 saturated carbocycles. The van der Waals surface area contributed by atoms with E-state index < -0.39 is 0 Å². The topological polar surface area (TPSA) is 40.2 Å². The molecule has 48 heavy (non-hydrogen) atoms. The largest absolute Gasteiger partial charge is 2.00 e. The summed E-state index contributed by atoms with van der Waals surface area (Å²) >= 11 is 0. The Balaban J connectivity index is 0.00000736. The van der Waals surface area contributed by atoms with Crippen molar-refractivity contribution in [1.29, 1.82) is 0 Å². The SMILES string of the molecule is CC(C)c1cc(C(C)C)c(NCCCN(CCNc2c(C(C)C)cc(C(C)C)cc2C(C)C)Cc2ccccn2)c(C(C)C)c1.[Br-].[Br-].[Co+2]. The van der Waals surface area contributed by atoms with Crippen LogP contribution in [0.5, 0.6) is 0 Å². The van der Waals surface area contributed by atoms with E-state index in [0.717, 1.165) is 44.8 Å². The van der Waals surface area contributed by atoms with E-state index in [2.05, 4.69) is 140 Å². The Morgan fingerprint density at radius 2 is 0.979 bits per heavy atom. The van der Waals surface area contributed by atoms with Gasteiger partial charge in [0, 0.05) is 50.3 Å². The molecule has 0 unspecified atom stereocenters. The molecular formula is C41H64Br2CoN4. The second-order valence-corrected chi connectivity index (χ2v) is 14.9. The number of halogens is 2. The second kappa shape index (κ2) is 22.4. The summed E-state index contributed by atoms with van der Waals surface area (Å²) in [5, 5.41) is 7.83. The third-order valence-corrected chi connectivity index (χ3v) is 9.06.